The highest BCUT2D eigenvalue weighted by atomic mass is 32.2. The largest absolute Gasteiger partial charge is 0.452 e. The first-order valence-corrected chi connectivity index (χ1v) is 12.9. The summed E-state index contributed by atoms with van der Waals surface area (Å²) in [5.41, 5.74) is 0.407. The molecule has 2 aliphatic rings. The summed E-state index contributed by atoms with van der Waals surface area (Å²) in [6.45, 7) is 2.58. The summed E-state index contributed by atoms with van der Waals surface area (Å²) in [5, 5.41) is 0. The van der Waals surface area contributed by atoms with Gasteiger partial charge in [-0.05, 0) is 50.7 Å². The molecule has 32 heavy (non-hydrogen) atoms. The number of benzene rings is 1. The van der Waals surface area contributed by atoms with Crippen molar-refractivity contribution in [3.05, 3.63) is 29.8 Å². The average Bonchev–Trinajstić information content (AvgIpc) is 2.85. The third kappa shape index (κ3) is 6.50. The lowest BCUT2D eigenvalue weighted by Gasteiger charge is -2.35. The first-order valence-electron chi connectivity index (χ1n) is 11.9. The van der Waals surface area contributed by atoms with Crippen LogP contribution >= 0.6 is 11.8 Å². The van der Waals surface area contributed by atoms with Crippen LogP contribution in [-0.4, -0.2) is 65.6 Å². The van der Waals surface area contributed by atoms with Gasteiger partial charge in [-0.2, -0.15) is 0 Å². The molecular formula is C25H36N2O4S. The molecule has 0 aromatic heterocycles. The fourth-order valence-corrected chi connectivity index (χ4v) is 5.68. The molecule has 0 spiro atoms. The first-order chi connectivity index (χ1) is 15.5. The second kappa shape index (κ2) is 12.3. The molecule has 1 aromatic carbocycles. The van der Waals surface area contributed by atoms with Crippen molar-refractivity contribution >= 4 is 29.5 Å². The second-order valence-corrected chi connectivity index (χ2v) is 9.82. The van der Waals surface area contributed by atoms with Crippen LogP contribution in [0.25, 0.3) is 0 Å². The SMILES string of the molecule is CCC1CCCCN1C(=O)COC(=O)c1ccccc1SCC(=O)N(C)C1CCCCC1. The topological polar surface area (TPSA) is 66.9 Å². The van der Waals surface area contributed by atoms with Gasteiger partial charge in [-0.15, -0.1) is 11.8 Å². The third-order valence-electron chi connectivity index (χ3n) is 6.72. The van der Waals surface area contributed by atoms with Crippen LogP contribution in [0.2, 0.25) is 0 Å². The van der Waals surface area contributed by atoms with Crippen molar-refractivity contribution in [1.29, 1.82) is 0 Å². The van der Waals surface area contributed by atoms with E-state index in [-0.39, 0.29) is 30.2 Å². The minimum atomic E-state index is -0.514. The van der Waals surface area contributed by atoms with Crippen molar-refractivity contribution in [3.8, 4) is 0 Å². The van der Waals surface area contributed by atoms with E-state index >= 15 is 0 Å². The fourth-order valence-electron chi connectivity index (χ4n) is 4.72. The van der Waals surface area contributed by atoms with Crippen LogP contribution in [-0.2, 0) is 14.3 Å². The summed E-state index contributed by atoms with van der Waals surface area (Å²) in [6.07, 6.45) is 9.82. The molecule has 6 nitrogen and oxygen atoms in total. The first kappa shape index (κ1) is 24.6. The summed E-state index contributed by atoms with van der Waals surface area (Å²) in [7, 11) is 1.88. The van der Waals surface area contributed by atoms with Gasteiger partial charge in [-0.3, -0.25) is 9.59 Å². The number of nitrogens with zero attached hydrogens (tertiary/aromatic N) is 2. The maximum Gasteiger partial charge on any atom is 0.339 e. The predicted octanol–water partition coefficient (Wildman–Crippen LogP) is 4.52. The Labute approximate surface area is 196 Å². The standard InChI is InChI=1S/C25H36N2O4S/c1-3-19-11-9-10-16-27(19)23(28)17-31-25(30)21-14-7-8-15-22(21)32-18-24(29)26(2)20-12-5-4-6-13-20/h7-8,14-15,19-20H,3-6,9-13,16-18H2,1-2H3. The molecule has 1 unspecified atom stereocenters. The van der Waals surface area contributed by atoms with Crippen molar-refractivity contribution in [2.75, 3.05) is 26.0 Å². The number of carbonyl (C=O) groups is 3. The van der Waals surface area contributed by atoms with E-state index in [1.165, 1.54) is 31.0 Å². The minimum Gasteiger partial charge on any atom is -0.452 e. The van der Waals surface area contributed by atoms with Crippen molar-refractivity contribution in [2.45, 2.75) is 81.7 Å². The van der Waals surface area contributed by atoms with Gasteiger partial charge in [0.2, 0.25) is 5.91 Å². The Morgan fingerprint density at radius 3 is 2.53 bits per heavy atom. The predicted molar refractivity (Wildman–Crippen MR) is 127 cm³/mol. The highest BCUT2D eigenvalue weighted by molar-refractivity contribution is 8.00. The monoisotopic (exact) mass is 460 g/mol. The zero-order valence-electron chi connectivity index (χ0n) is 19.4. The van der Waals surface area contributed by atoms with Crippen LogP contribution in [0.5, 0.6) is 0 Å². The number of hydrogen-bond donors (Lipinski definition) is 0. The number of rotatable bonds is 8. The zero-order chi connectivity index (χ0) is 22.9. The Hall–Kier alpha value is -2.02. The number of ether oxygens (including phenoxy) is 1. The second-order valence-electron chi connectivity index (χ2n) is 8.80. The van der Waals surface area contributed by atoms with Crippen LogP contribution in [0, 0.1) is 0 Å². The van der Waals surface area contributed by atoms with Crippen molar-refractivity contribution in [2.24, 2.45) is 0 Å². The lowest BCUT2D eigenvalue weighted by atomic mass is 9.94. The Morgan fingerprint density at radius 2 is 1.78 bits per heavy atom. The van der Waals surface area contributed by atoms with Gasteiger partial charge >= 0.3 is 5.97 Å². The van der Waals surface area contributed by atoms with Gasteiger partial charge in [0.25, 0.3) is 5.91 Å². The average molecular weight is 461 g/mol. The van der Waals surface area contributed by atoms with Crippen LogP contribution in [0.15, 0.2) is 29.2 Å². The van der Waals surface area contributed by atoms with Gasteiger partial charge in [0.1, 0.15) is 0 Å². The van der Waals surface area contributed by atoms with Gasteiger partial charge in [-0.25, -0.2) is 4.79 Å². The number of hydrogen-bond acceptors (Lipinski definition) is 5. The maximum absolute atomic E-state index is 12.7. The molecule has 3 rings (SSSR count). The van der Waals surface area contributed by atoms with Crippen molar-refractivity contribution < 1.29 is 19.1 Å². The van der Waals surface area contributed by atoms with E-state index in [1.807, 2.05) is 29.0 Å². The fraction of sp³-hybridized carbons (Fsp3) is 0.640. The van der Waals surface area contributed by atoms with Gasteiger partial charge in [-0.1, -0.05) is 38.3 Å². The summed E-state index contributed by atoms with van der Waals surface area (Å²) in [4.78, 5) is 42.5. The summed E-state index contributed by atoms with van der Waals surface area (Å²) in [5.74, 6) is -0.280. The molecule has 1 saturated carbocycles. The quantitative estimate of drug-likeness (QED) is 0.422. The number of amides is 2. The summed E-state index contributed by atoms with van der Waals surface area (Å²) >= 11 is 1.35. The Morgan fingerprint density at radius 1 is 1.06 bits per heavy atom. The molecular weight excluding hydrogens is 424 g/mol. The van der Waals surface area contributed by atoms with E-state index in [0.29, 0.717) is 16.5 Å². The maximum atomic E-state index is 12.7. The van der Waals surface area contributed by atoms with E-state index in [2.05, 4.69) is 6.92 Å². The highest BCUT2D eigenvalue weighted by Crippen LogP contribution is 2.26. The van der Waals surface area contributed by atoms with Gasteiger partial charge in [0, 0.05) is 30.6 Å². The normalized spacial score (nSPS) is 19.4. The molecule has 1 aromatic rings. The number of thioether (sulfide) groups is 1. The molecule has 0 N–H and O–H groups in total. The molecule has 0 radical (unpaired) electrons. The number of piperidine rings is 1. The van der Waals surface area contributed by atoms with Gasteiger partial charge in [0.05, 0.1) is 11.3 Å². The van der Waals surface area contributed by atoms with Crippen LogP contribution in [0.3, 0.4) is 0 Å². The zero-order valence-corrected chi connectivity index (χ0v) is 20.2. The molecule has 2 fully saturated rings. The molecule has 1 aliphatic carbocycles. The van der Waals surface area contributed by atoms with Gasteiger partial charge < -0.3 is 14.5 Å². The Kier molecular flexibility index (Phi) is 9.45. The molecule has 2 amide bonds. The van der Waals surface area contributed by atoms with E-state index in [4.69, 9.17) is 4.74 Å². The van der Waals surface area contributed by atoms with Crippen molar-refractivity contribution in [1.82, 2.24) is 9.80 Å². The smallest absolute Gasteiger partial charge is 0.339 e. The van der Waals surface area contributed by atoms with Crippen LogP contribution in [0.4, 0.5) is 0 Å². The summed E-state index contributed by atoms with van der Waals surface area (Å²) < 4.78 is 5.39. The van der Waals surface area contributed by atoms with E-state index < -0.39 is 5.97 Å². The van der Waals surface area contributed by atoms with E-state index in [0.717, 1.165) is 45.1 Å². The van der Waals surface area contributed by atoms with E-state index in [1.54, 1.807) is 12.1 Å². The lowest BCUT2D eigenvalue weighted by Crippen LogP contribution is -2.45. The Bertz CT molecular complexity index is 794. The highest BCUT2D eigenvalue weighted by Gasteiger charge is 2.27. The molecule has 1 aliphatic heterocycles. The molecule has 0 bridgehead atoms. The minimum absolute atomic E-state index is 0.0796. The van der Waals surface area contributed by atoms with Crippen LogP contribution < -0.4 is 0 Å². The number of carbonyl (C=O) groups excluding carboxylic acids is 3. The molecule has 1 saturated heterocycles. The molecule has 1 atom stereocenters. The van der Waals surface area contributed by atoms with E-state index in [9.17, 15) is 14.4 Å². The van der Waals surface area contributed by atoms with Gasteiger partial charge in [0.15, 0.2) is 6.61 Å². The molecule has 176 valence electrons. The lowest BCUT2D eigenvalue weighted by molar-refractivity contribution is -0.138. The number of esters is 1. The summed E-state index contributed by atoms with van der Waals surface area (Å²) in [6, 6.07) is 7.71. The van der Waals surface area contributed by atoms with Crippen molar-refractivity contribution in [3.63, 3.8) is 0 Å². The van der Waals surface area contributed by atoms with Crippen LogP contribution in [0.1, 0.15) is 75.1 Å². The number of likely N-dealkylation sites (tertiary alicyclic amines) is 1. The molecule has 1 heterocycles. The molecule has 7 heteroatoms. The Balaban J connectivity index is 1.54. The third-order valence-corrected chi connectivity index (χ3v) is 7.78.